The van der Waals surface area contributed by atoms with E-state index in [0.717, 1.165) is 16.9 Å². The number of rotatable bonds is 8. The standard InChI is InChI=1S/C23H30N2O4/c1-16(29-20-8-6-7-18(13-20)23(2,3)4)22(27)25-15-21(26)24-14-17-9-11-19(28-5)12-10-17/h6-13,16H,14-15H2,1-5H3,(H,24,26)(H,25,27). The molecular weight excluding hydrogens is 368 g/mol. The summed E-state index contributed by atoms with van der Waals surface area (Å²) in [4.78, 5) is 24.2. The highest BCUT2D eigenvalue weighted by Crippen LogP contribution is 2.26. The van der Waals surface area contributed by atoms with Crippen LogP contribution in [0.25, 0.3) is 0 Å². The normalized spacial score (nSPS) is 12.0. The van der Waals surface area contributed by atoms with E-state index >= 15 is 0 Å². The Balaban J connectivity index is 1.78. The zero-order valence-corrected chi connectivity index (χ0v) is 17.7. The summed E-state index contributed by atoms with van der Waals surface area (Å²) in [5.74, 6) is 0.778. The molecule has 29 heavy (non-hydrogen) atoms. The Morgan fingerprint density at radius 2 is 1.69 bits per heavy atom. The number of nitrogens with one attached hydrogen (secondary N) is 2. The summed E-state index contributed by atoms with van der Waals surface area (Å²) >= 11 is 0. The van der Waals surface area contributed by atoms with Crippen LogP contribution in [0.15, 0.2) is 48.5 Å². The topological polar surface area (TPSA) is 76.7 Å². The lowest BCUT2D eigenvalue weighted by Crippen LogP contribution is -2.42. The van der Waals surface area contributed by atoms with Crippen LogP contribution in [0.2, 0.25) is 0 Å². The smallest absolute Gasteiger partial charge is 0.261 e. The molecule has 1 atom stereocenters. The number of amides is 2. The molecule has 6 heteroatoms. The fourth-order valence-electron chi connectivity index (χ4n) is 2.61. The molecule has 0 spiro atoms. The molecule has 2 rings (SSSR count). The van der Waals surface area contributed by atoms with Crippen LogP contribution >= 0.6 is 0 Å². The SMILES string of the molecule is COc1ccc(CNC(=O)CNC(=O)C(C)Oc2cccc(C(C)(C)C)c2)cc1. The van der Waals surface area contributed by atoms with Crippen molar-refractivity contribution in [2.75, 3.05) is 13.7 Å². The number of methoxy groups -OCH3 is 1. The highest BCUT2D eigenvalue weighted by atomic mass is 16.5. The van der Waals surface area contributed by atoms with Crippen molar-refractivity contribution in [3.8, 4) is 11.5 Å². The largest absolute Gasteiger partial charge is 0.497 e. The molecule has 6 nitrogen and oxygen atoms in total. The number of hydrogen-bond acceptors (Lipinski definition) is 4. The fraction of sp³-hybridized carbons (Fsp3) is 0.391. The molecular formula is C23H30N2O4. The van der Waals surface area contributed by atoms with Gasteiger partial charge in [0.2, 0.25) is 5.91 Å². The average molecular weight is 399 g/mol. The van der Waals surface area contributed by atoms with E-state index in [0.29, 0.717) is 12.3 Å². The first kappa shape index (κ1) is 22.3. The Bertz CT molecular complexity index is 826. The summed E-state index contributed by atoms with van der Waals surface area (Å²) in [6, 6.07) is 15.1. The van der Waals surface area contributed by atoms with Gasteiger partial charge in [0.25, 0.3) is 5.91 Å². The first-order chi connectivity index (χ1) is 13.7. The molecule has 0 aromatic heterocycles. The molecule has 2 aromatic rings. The van der Waals surface area contributed by atoms with Gasteiger partial charge in [-0.3, -0.25) is 9.59 Å². The van der Waals surface area contributed by atoms with Crippen molar-refractivity contribution in [2.45, 2.75) is 45.8 Å². The Morgan fingerprint density at radius 3 is 2.31 bits per heavy atom. The van der Waals surface area contributed by atoms with Gasteiger partial charge in [-0.2, -0.15) is 0 Å². The lowest BCUT2D eigenvalue weighted by Gasteiger charge is -2.21. The summed E-state index contributed by atoms with van der Waals surface area (Å²) in [7, 11) is 1.60. The van der Waals surface area contributed by atoms with Crippen molar-refractivity contribution in [2.24, 2.45) is 0 Å². The van der Waals surface area contributed by atoms with Crippen molar-refractivity contribution in [3.05, 3.63) is 59.7 Å². The first-order valence-corrected chi connectivity index (χ1v) is 9.63. The van der Waals surface area contributed by atoms with Crippen LogP contribution in [0.4, 0.5) is 0 Å². The predicted molar refractivity (Wildman–Crippen MR) is 113 cm³/mol. The molecule has 0 aliphatic carbocycles. The minimum absolute atomic E-state index is 0.00710. The number of carbonyl (C=O) groups excluding carboxylic acids is 2. The Kier molecular flexibility index (Phi) is 7.65. The minimum Gasteiger partial charge on any atom is -0.497 e. The number of carbonyl (C=O) groups is 2. The number of ether oxygens (including phenoxy) is 2. The number of benzene rings is 2. The van der Waals surface area contributed by atoms with E-state index in [2.05, 4.69) is 31.4 Å². The van der Waals surface area contributed by atoms with Crippen molar-refractivity contribution >= 4 is 11.8 Å². The van der Waals surface area contributed by atoms with E-state index < -0.39 is 6.10 Å². The molecule has 0 saturated heterocycles. The molecule has 156 valence electrons. The molecule has 2 aromatic carbocycles. The van der Waals surface area contributed by atoms with Gasteiger partial charge in [-0.1, -0.05) is 45.0 Å². The summed E-state index contributed by atoms with van der Waals surface area (Å²) in [6.07, 6.45) is -0.709. The van der Waals surface area contributed by atoms with Crippen molar-refractivity contribution in [1.29, 1.82) is 0 Å². The predicted octanol–water partition coefficient (Wildman–Crippen LogP) is 3.19. The second-order valence-electron chi connectivity index (χ2n) is 7.88. The van der Waals surface area contributed by atoms with Crippen LogP contribution < -0.4 is 20.1 Å². The zero-order chi connectivity index (χ0) is 21.4. The minimum atomic E-state index is -0.709. The molecule has 2 N–H and O–H groups in total. The lowest BCUT2D eigenvalue weighted by molar-refractivity contribution is -0.130. The Labute approximate surface area is 172 Å². The van der Waals surface area contributed by atoms with Crippen molar-refractivity contribution < 1.29 is 19.1 Å². The van der Waals surface area contributed by atoms with Crippen LogP contribution in [-0.2, 0) is 21.5 Å². The van der Waals surface area contributed by atoms with E-state index in [4.69, 9.17) is 9.47 Å². The van der Waals surface area contributed by atoms with E-state index in [1.165, 1.54) is 0 Å². The van der Waals surface area contributed by atoms with Gasteiger partial charge in [-0.05, 0) is 47.7 Å². The maximum absolute atomic E-state index is 12.2. The van der Waals surface area contributed by atoms with Crippen LogP contribution in [0, 0.1) is 0 Å². The highest BCUT2D eigenvalue weighted by molar-refractivity contribution is 5.86. The van der Waals surface area contributed by atoms with Gasteiger partial charge in [0.1, 0.15) is 11.5 Å². The second-order valence-corrected chi connectivity index (χ2v) is 7.88. The third kappa shape index (κ3) is 7.14. The van der Waals surface area contributed by atoms with E-state index in [1.807, 2.05) is 48.5 Å². The Hall–Kier alpha value is -3.02. The number of hydrogen-bond donors (Lipinski definition) is 2. The molecule has 0 bridgehead atoms. The summed E-state index contributed by atoms with van der Waals surface area (Å²) in [6.45, 7) is 8.29. The first-order valence-electron chi connectivity index (χ1n) is 9.63. The molecule has 0 aliphatic heterocycles. The van der Waals surface area contributed by atoms with E-state index in [-0.39, 0.29) is 23.8 Å². The summed E-state index contributed by atoms with van der Waals surface area (Å²) < 4.78 is 10.8. The summed E-state index contributed by atoms with van der Waals surface area (Å²) in [5.41, 5.74) is 2.06. The second kappa shape index (κ2) is 9.96. The fourth-order valence-corrected chi connectivity index (χ4v) is 2.61. The van der Waals surface area contributed by atoms with E-state index in [1.54, 1.807) is 14.0 Å². The van der Waals surface area contributed by atoms with Crippen LogP contribution in [0.3, 0.4) is 0 Å². The van der Waals surface area contributed by atoms with Crippen molar-refractivity contribution in [3.63, 3.8) is 0 Å². The van der Waals surface area contributed by atoms with Gasteiger partial charge in [0.05, 0.1) is 13.7 Å². The van der Waals surface area contributed by atoms with Gasteiger partial charge in [0.15, 0.2) is 6.10 Å². The molecule has 0 saturated carbocycles. The summed E-state index contributed by atoms with van der Waals surface area (Å²) in [5, 5.41) is 5.38. The van der Waals surface area contributed by atoms with Gasteiger partial charge < -0.3 is 20.1 Å². The van der Waals surface area contributed by atoms with E-state index in [9.17, 15) is 9.59 Å². The Morgan fingerprint density at radius 1 is 1.00 bits per heavy atom. The molecule has 0 fully saturated rings. The highest BCUT2D eigenvalue weighted by Gasteiger charge is 2.18. The third-order valence-electron chi connectivity index (χ3n) is 4.45. The van der Waals surface area contributed by atoms with Crippen molar-refractivity contribution in [1.82, 2.24) is 10.6 Å². The van der Waals surface area contributed by atoms with Gasteiger partial charge >= 0.3 is 0 Å². The third-order valence-corrected chi connectivity index (χ3v) is 4.45. The molecule has 1 unspecified atom stereocenters. The van der Waals surface area contributed by atoms with Gasteiger partial charge in [-0.25, -0.2) is 0 Å². The van der Waals surface area contributed by atoms with Gasteiger partial charge in [0, 0.05) is 6.54 Å². The van der Waals surface area contributed by atoms with Gasteiger partial charge in [-0.15, -0.1) is 0 Å². The lowest BCUT2D eigenvalue weighted by atomic mass is 9.87. The molecule has 0 aliphatic rings. The molecule has 2 amide bonds. The molecule has 0 radical (unpaired) electrons. The van der Waals surface area contributed by atoms with Crippen LogP contribution in [0.5, 0.6) is 11.5 Å². The maximum Gasteiger partial charge on any atom is 0.261 e. The van der Waals surface area contributed by atoms with Crippen LogP contribution in [-0.4, -0.2) is 31.6 Å². The zero-order valence-electron chi connectivity index (χ0n) is 17.7. The monoisotopic (exact) mass is 398 g/mol. The average Bonchev–Trinajstić information content (AvgIpc) is 2.70. The quantitative estimate of drug-likeness (QED) is 0.716. The molecule has 0 heterocycles. The maximum atomic E-state index is 12.2. The van der Waals surface area contributed by atoms with Crippen LogP contribution in [0.1, 0.15) is 38.8 Å².